The Morgan fingerprint density at radius 3 is 0.625 bits per heavy atom. The third kappa shape index (κ3) is 108. The van der Waals surface area contributed by atoms with Crippen LogP contribution in [0.25, 0.3) is 0 Å². The molecule has 0 amide bonds. The Morgan fingerprint density at radius 2 is 0.583 bits per heavy atom. The van der Waals surface area contributed by atoms with Gasteiger partial charge >= 0.3 is 12.3 Å². The van der Waals surface area contributed by atoms with Crippen molar-refractivity contribution in [3.8, 4) is 0 Å². The first-order valence-electron chi connectivity index (χ1n) is 8.55. The summed E-state index contributed by atoms with van der Waals surface area (Å²) in [6, 6.07) is 0. The van der Waals surface area contributed by atoms with Gasteiger partial charge in [0.05, 0.1) is 0 Å². The Balaban J connectivity index is -0.000000117. The van der Waals surface area contributed by atoms with Gasteiger partial charge in [-0.3, -0.25) is 0 Å². The average Bonchev–Trinajstić information content (AvgIpc) is 2.33. The molecule has 0 heterocycles. The minimum atomic E-state index is -1.83. The lowest BCUT2D eigenvalue weighted by atomic mass is 10.0. The molecule has 4 N–H and O–H groups in total. The van der Waals surface area contributed by atoms with E-state index in [-0.39, 0.29) is 0 Å². The highest BCUT2D eigenvalue weighted by molar-refractivity contribution is 5.53. The van der Waals surface area contributed by atoms with E-state index in [9.17, 15) is 0 Å². The Bertz CT molecular complexity index is 221. The monoisotopic (exact) mass is 352 g/mol. The third-order valence-corrected chi connectivity index (χ3v) is 2.64. The number of hydrogen-bond acceptors (Lipinski definition) is 2. The summed E-state index contributed by atoms with van der Waals surface area (Å²) in [6.45, 7) is 18.2. The van der Waals surface area contributed by atoms with Crippen LogP contribution in [-0.4, -0.2) is 32.7 Å². The quantitative estimate of drug-likeness (QED) is 0.428. The van der Waals surface area contributed by atoms with Crippen molar-refractivity contribution in [1.82, 2.24) is 0 Å². The zero-order valence-electron chi connectivity index (χ0n) is 16.7. The molecule has 6 heteroatoms. The molecule has 0 bridgehead atoms. The highest BCUT2D eigenvalue weighted by Crippen LogP contribution is 2.10. The molecule has 0 aromatic heterocycles. The maximum absolute atomic E-state index is 8.56. The van der Waals surface area contributed by atoms with E-state index in [4.69, 9.17) is 30.0 Å². The van der Waals surface area contributed by atoms with Crippen LogP contribution in [0.4, 0.5) is 9.59 Å². The molecule has 0 aliphatic carbocycles. The zero-order valence-corrected chi connectivity index (χ0v) is 16.7. The summed E-state index contributed by atoms with van der Waals surface area (Å²) in [5.74, 6) is 3.55. The number of hydrogen-bond donors (Lipinski definition) is 4. The number of rotatable bonds is 6. The number of carboxylic acid groups (broad SMARTS) is 4. The van der Waals surface area contributed by atoms with Crippen LogP contribution in [0, 0.1) is 23.7 Å². The molecular formula is C18H40O6. The van der Waals surface area contributed by atoms with E-state index >= 15 is 0 Å². The van der Waals surface area contributed by atoms with Crippen molar-refractivity contribution in [1.29, 1.82) is 0 Å². The van der Waals surface area contributed by atoms with Gasteiger partial charge in [-0.05, 0) is 23.7 Å². The maximum Gasteiger partial charge on any atom is 0.503 e. The Hall–Kier alpha value is -1.46. The van der Waals surface area contributed by atoms with Crippen molar-refractivity contribution >= 4 is 12.3 Å². The van der Waals surface area contributed by atoms with Crippen molar-refractivity contribution in [3.05, 3.63) is 0 Å². The molecule has 0 aromatic rings. The van der Waals surface area contributed by atoms with Crippen molar-refractivity contribution < 1.29 is 30.0 Å². The lowest BCUT2D eigenvalue weighted by Gasteiger charge is -2.05. The molecule has 24 heavy (non-hydrogen) atoms. The molecule has 0 fully saturated rings. The molecule has 0 radical (unpaired) electrons. The van der Waals surface area contributed by atoms with Gasteiger partial charge in [0.25, 0.3) is 0 Å². The minimum Gasteiger partial charge on any atom is -0.450 e. The van der Waals surface area contributed by atoms with Gasteiger partial charge in [0.15, 0.2) is 0 Å². The van der Waals surface area contributed by atoms with Gasteiger partial charge in [0, 0.05) is 0 Å². The molecule has 0 atom stereocenters. The molecular weight excluding hydrogens is 312 g/mol. The van der Waals surface area contributed by atoms with Crippen LogP contribution < -0.4 is 0 Å². The first-order chi connectivity index (χ1) is 10.7. The van der Waals surface area contributed by atoms with E-state index in [2.05, 4.69) is 55.4 Å². The summed E-state index contributed by atoms with van der Waals surface area (Å²) in [7, 11) is 0. The fraction of sp³-hybridized carbons (Fsp3) is 0.889. The molecule has 148 valence electrons. The fourth-order valence-electron chi connectivity index (χ4n) is 1.33. The SMILES string of the molecule is CC(C)CCC(C)C.CC(C)CCC(C)C.O=C(O)O.O=C(O)O. The van der Waals surface area contributed by atoms with Crippen LogP contribution >= 0.6 is 0 Å². The summed E-state index contributed by atoms with van der Waals surface area (Å²) >= 11 is 0. The van der Waals surface area contributed by atoms with Crippen LogP contribution in [0.15, 0.2) is 0 Å². The van der Waals surface area contributed by atoms with Crippen LogP contribution in [0.5, 0.6) is 0 Å². The molecule has 0 aromatic carbocycles. The van der Waals surface area contributed by atoms with E-state index < -0.39 is 12.3 Å². The first kappa shape index (κ1) is 30.4. The second-order valence-corrected chi connectivity index (χ2v) is 7.30. The van der Waals surface area contributed by atoms with Gasteiger partial charge in [-0.2, -0.15) is 0 Å². The van der Waals surface area contributed by atoms with Crippen molar-refractivity contribution in [3.63, 3.8) is 0 Å². The Labute approximate surface area is 147 Å². The van der Waals surface area contributed by atoms with Crippen LogP contribution in [-0.2, 0) is 0 Å². The van der Waals surface area contributed by atoms with E-state index in [0.29, 0.717) is 0 Å². The standard InChI is InChI=1S/2C8H18.2CH2O3/c2*1-7(2)5-6-8(3)4;2*2-1(3)4/h2*7-8H,5-6H2,1-4H3;2*(H2,2,3,4). The normalized spacial score (nSPS) is 9.50. The van der Waals surface area contributed by atoms with E-state index in [1.807, 2.05) is 0 Å². The Morgan fingerprint density at radius 1 is 0.500 bits per heavy atom. The molecule has 0 unspecified atom stereocenters. The second-order valence-electron chi connectivity index (χ2n) is 7.30. The van der Waals surface area contributed by atoms with Gasteiger partial charge in [-0.25, -0.2) is 9.59 Å². The minimum absolute atomic E-state index is 0.886. The predicted molar refractivity (Wildman–Crippen MR) is 99.1 cm³/mol. The van der Waals surface area contributed by atoms with Gasteiger partial charge in [0.1, 0.15) is 0 Å². The molecule has 0 saturated carbocycles. The number of carbonyl (C=O) groups is 2. The van der Waals surface area contributed by atoms with Crippen molar-refractivity contribution in [2.24, 2.45) is 23.7 Å². The first-order valence-corrected chi connectivity index (χ1v) is 8.55. The summed E-state index contributed by atoms with van der Waals surface area (Å²) in [6.07, 6.45) is 1.88. The molecule has 0 aliphatic rings. The van der Waals surface area contributed by atoms with Crippen LogP contribution in [0.2, 0.25) is 0 Å². The lowest BCUT2D eigenvalue weighted by molar-refractivity contribution is 0.135. The Kier molecular flexibility index (Phi) is 27.3. The van der Waals surface area contributed by atoms with Crippen molar-refractivity contribution in [2.45, 2.75) is 81.1 Å². The smallest absolute Gasteiger partial charge is 0.450 e. The summed E-state index contributed by atoms with van der Waals surface area (Å²) in [4.78, 5) is 17.1. The van der Waals surface area contributed by atoms with E-state index in [1.54, 1.807) is 0 Å². The topological polar surface area (TPSA) is 115 Å². The van der Waals surface area contributed by atoms with Gasteiger partial charge in [-0.15, -0.1) is 0 Å². The second kappa shape index (κ2) is 21.5. The van der Waals surface area contributed by atoms with Crippen LogP contribution in [0.1, 0.15) is 81.1 Å². The van der Waals surface area contributed by atoms with Crippen molar-refractivity contribution in [2.75, 3.05) is 0 Å². The average molecular weight is 353 g/mol. The largest absolute Gasteiger partial charge is 0.503 e. The summed E-state index contributed by atoms with van der Waals surface area (Å²) in [5.41, 5.74) is 0. The summed E-state index contributed by atoms with van der Waals surface area (Å²) < 4.78 is 0. The summed E-state index contributed by atoms with van der Waals surface area (Å²) in [5, 5.41) is 27.9. The zero-order chi connectivity index (χ0) is 20.3. The molecule has 0 saturated heterocycles. The predicted octanol–water partition coefficient (Wildman–Crippen LogP) is 6.60. The molecule has 6 nitrogen and oxygen atoms in total. The highest BCUT2D eigenvalue weighted by Gasteiger charge is 1.96. The maximum atomic E-state index is 8.56. The fourth-order valence-corrected chi connectivity index (χ4v) is 1.33. The van der Waals surface area contributed by atoms with Gasteiger partial charge in [0.2, 0.25) is 0 Å². The third-order valence-electron chi connectivity index (χ3n) is 2.64. The lowest BCUT2D eigenvalue weighted by Crippen LogP contribution is -1.91. The van der Waals surface area contributed by atoms with Gasteiger partial charge in [-0.1, -0.05) is 81.1 Å². The van der Waals surface area contributed by atoms with Crippen LogP contribution in [0.3, 0.4) is 0 Å². The molecule has 0 rings (SSSR count). The van der Waals surface area contributed by atoms with Gasteiger partial charge < -0.3 is 20.4 Å². The van der Waals surface area contributed by atoms with E-state index in [1.165, 1.54) is 25.7 Å². The molecule has 0 spiro atoms. The highest BCUT2D eigenvalue weighted by atomic mass is 16.6. The van der Waals surface area contributed by atoms with E-state index in [0.717, 1.165) is 23.7 Å². The molecule has 0 aliphatic heterocycles.